The number of anilines is 2. The summed E-state index contributed by atoms with van der Waals surface area (Å²) in [4.78, 5) is 24.0. The number of halogens is 1. The number of rotatable bonds is 6. The highest BCUT2D eigenvalue weighted by atomic mass is 35.5. The molecule has 1 saturated heterocycles. The molecule has 1 amide bonds. The number of sulfonamides is 1. The number of nitrogens with zero attached hydrogens (tertiary/aromatic N) is 3. The van der Waals surface area contributed by atoms with Gasteiger partial charge in [0, 0.05) is 28.9 Å². The molecule has 190 valence electrons. The molecule has 1 aliphatic rings. The van der Waals surface area contributed by atoms with Crippen LogP contribution in [0.25, 0.3) is 11.1 Å². The highest BCUT2D eigenvalue weighted by Crippen LogP contribution is 2.39. The molecular formula is C25H28ClN5O4S. The Balaban J connectivity index is 1.81. The number of ether oxygens (including phenoxy) is 1. The van der Waals surface area contributed by atoms with Crippen LogP contribution in [0.15, 0.2) is 53.7 Å². The van der Waals surface area contributed by atoms with Gasteiger partial charge in [0.05, 0.1) is 12.7 Å². The van der Waals surface area contributed by atoms with Gasteiger partial charge in [-0.2, -0.15) is 8.42 Å². The van der Waals surface area contributed by atoms with Crippen molar-refractivity contribution < 1.29 is 17.9 Å². The summed E-state index contributed by atoms with van der Waals surface area (Å²) >= 11 is 6.25. The molecule has 3 N–H and O–H groups in total. The molecule has 2 aromatic heterocycles. The van der Waals surface area contributed by atoms with E-state index in [1.807, 2.05) is 4.90 Å². The summed E-state index contributed by atoms with van der Waals surface area (Å²) < 4.78 is 33.3. The van der Waals surface area contributed by atoms with Gasteiger partial charge in [-0.15, -0.1) is 0 Å². The van der Waals surface area contributed by atoms with Crippen LogP contribution in [0.1, 0.15) is 37.6 Å². The molecule has 36 heavy (non-hydrogen) atoms. The van der Waals surface area contributed by atoms with E-state index in [2.05, 4.69) is 35.5 Å². The molecular weight excluding hydrogens is 502 g/mol. The number of amides is 1. The summed E-state index contributed by atoms with van der Waals surface area (Å²) in [6.07, 6.45) is 2.55. The van der Waals surface area contributed by atoms with Crippen molar-refractivity contribution in [2.75, 3.05) is 24.3 Å². The number of hydrogen-bond acceptors (Lipinski definition) is 8. The van der Waals surface area contributed by atoms with E-state index in [9.17, 15) is 13.2 Å². The lowest BCUT2D eigenvalue weighted by atomic mass is 9.90. The lowest BCUT2D eigenvalue weighted by molar-refractivity contribution is 0.0981. The van der Waals surface area contributed by atoms with E-state index in [1.165, 1.54) is 25.3 Å². The number of nitrogens with one attached hydrogen (secondary N) is 1. The molecule has 11 heteroatoms. The third-order valence-electron chi connectivity index (χ3n) is 6.74. The molecule has 0 radical (unpaired) electrons. The molecule has 4 rings (SSSR count). The maximum absolute atomic E-state index is 13.5. The van der Waals surface area contributed by atoms with Crippen molar-refractivity contribution in [2.45, 2.75) is 37.8 Å². The Kier molecular flexibility index (Phi) is 6.85. The Morgan fingerprint density at radius 1 is 1.22 bits per heavy atom. The quantitative estimate of drug-likeness (QED) is 0.488. The third kappa shape index (κ3) is 4.96. The second-order valence-electron chi connectivity index (χ2n) is 9.31. The van der Waals surface area contributed by atoms with Crippen LogP contribution in [0.5, 0.6) is 5.75 Å². The summed E-state index contributed by atoms with van der Waals surface area (Å²) in [5, 5.41) is 0.0977. The van der Waals surface area contributed by atoms with Crippen molar-refractivity contribution in [3.8, 4) is 16.9 Å². The molecule has 1 unspecified atom stereocenters. The molecule has 0 saturated carbocycles. The first-order valence-electron chi connectivity index (χ1n) is 11.3. The first-order valence-corrected chi connectivity index (χ1v) is 13.2. The first-order chi connectivity index (χ1) is 16.9. The van der Waals surface area contributed by atoms with Crippen LogP contribution in [0.2, 0.25) is 5.02 Å². The number of carbonyl (C=O) groups is 1. The van der Waals surface area contributed by atoms with E-state index >= 15 is 0 Å². The molecule has 3 aromatic rings. The van der Waals surface area contributed by atoms with Gasteiger partial charge in [-0.1, -0.05) is 24.6 Å². The Hall–Kier alpha value is -3.37. The Morgan fingerprint density at radius 3 is 2.61 bits per heavy atom. The van der Waals surface area contributed by atoms with E-state index in [4.69, 9.17) is 22.1 Å². The largest absolute Gasteiger partial charge is 0.497 e. The first kappa shape index (κ1) is 25.7. The zero-order chi connectivity index (χ0) is 26.3. The van der Waals surface area contributed by atoms with Crippen molar-refractivity contribution in [3.63, 3.8) is 0 Å². The van der Waals surface area contributed by atoms with Crippen LogP contribution < -0.4 is 20.1 Å². The minimum Gasteiger partial charge on any atom is -0.497 e. The fourth-order valence-electron chi connectivity index (χ4n) is 4.26. The number of hydrogen-bond donors (Lipinski definition) is 2. The molecule has 1 aliphatic heterocycles. The van der Waals surface area contributed by atoms with Crippen molar-refractivity contribution in [2.24, 2.45) is 5.92 Å². The lowest BCUT2D eigenvalue weighted by Gasteiger charge is -2.36. The van der Waals surface area contributed by atoms with Crippen LogP contribution >= 0.6 is 11.6 Å². The average molecular weight is 530 g/mol. The van der Waals surface area contributed by atoms with E-state index in [1.54, 1.807) is 30.5 Å². The third-order valence-corrected chi connectivity index (χ3v) is 8.19. The van der Waals surface area contributed by atoms with Crippen LogP contribution in [0.3, 0.4) is 0 Å². The number of benzene rings is 1. The number of nitrogen functional groups attached to an aromatic ring is 1. The van der Waals surface area contributed by atoms with Crippen LogP contribution in [-0.2, 0) is 10.0 Å². The standard InChI is InChI=1S/C25H28ClN5O4S/c1-15-8-9-31(25(15,2)3)23-20(24(32)30-36(33,34)22-7-5-6-21(27)29-22)12-17(14-28-23)16-10-18(26)13-19(11-16)35-4/h5-7,10-15H,8-9H2,1-4H3,(H2,27,29)(H,30,32). The fourth-order valence-corrected chi connectivity index (χ4v) is 5.43. The number of pyridine rings is 2. The molecule has 0 aliphatic carbocycles. The molecule has 1 atom stereocenters. The maximum Gasteiger partial charge on any atom is 0.281 e. The molecule has 3 heterocycles. The zero-order valence-corrected chi connectivity index (χ0v) is 22.0. The highest BCUT2D eigenvalue weighted by molar-refractivity contribution is 7.90. The van der Waals surface area contributed by atoms with Crippen LogP contribution in [0.4, 0.5) is 11.6 Å². The minimum absolute atomic E-state index is 0.0254. The van der Waals surface area contributed by atoms with Gasteiger partial charge in [-0.25, -0.2) is 14.7 Å². The highest BCUT2D eigenvalue weighted by Gasteiger charge is 2.41. The average Bonchev–Trinajstić information content (AvgIpc) is 3.09. The predicted octanol–water partition coefficient (Wildman–Crippen LogP) is 4.13. The molecule has 1 fully saturated rings. The number of nitrogens with two attached hydrogens (primary N) is 1. The molecule has 0 bridgehead atoms. The zero-order valence-electron chi connectivity index (χ0n) is 20.4. The number of methoxy groups -OCH3 is 1. The van der Waals surface area contributed by atoms with E-state index < -0.39 is 15.9 Å². The van der Waals surface area contributed by atoms with Crippen LogP contribution in [-0.4, -0.2) is 43.5 Å². The normalized spacial score (nSPS) is 17.1. The second kappa shape index (κ2) is 9.59. The van der Waals surface area contributed by atoms with Gasteiger partial charge in [0.2, 0.25) is 0 Å². The molecule has 0 spiro atoms. The van der Waals surface area contributed by atoms with Gasteiger partial charge in [-0.3, -0.25) is 4.79 Å². The SMILES string of the molecule is COc1cc(Cl)cc(-c2cnc(N3CCC(C)C3(C)C)c(C(=O)NS(=O)(=O)c3cccc(N)n3)c2)c1. The van der Waals surface area contributed by atoms with Gasteiger partial charge in [-0.05, 0) is 68.1 Å². The Labute approximate surface area is 215 Å². The van der Waals surface area contributed by atoms with Crippen molar-refractivity contribution >= 4 is 39.2 Å². The van der Waals surface area contributed by atoms with Gasteiger partial charge < -0.3 is 15.4 Å². The summed E-state index contributed by atoms with van der Waals surface area (Å²) in [7, 11) is -2.75. The van der Waals surface area contributed by atoms with Crippen molar-refractivity contribution in [1.82, 2.24) is 14.7 Å². The lowest BCUT2D eigenvalue weighted by Crippen LogP contribution is -2.43. The smallest absolute Gasteiger partial charge is 0.281 e. The van der Waals surface area contributed by atoms with Gasteiger partial charge >= 0.3 is 0 Å². The maximum atomic E-state index is 13.5. The van der Waals surface area contributed by atoms with Gasteiger partial charge in [0.15, 0.2) is 5.03 Å². The minimum atomic E-state index is -4.28. The number of carbonyl (C=O) groups excluding carboxylic acids is 1. The summed E-state index contributed by atoms with van der Waals surface area (Å²) in [5.74, 6) is 0.477. The summed E-state index contributed by atoms with van der Waals surface area (Å²) in [5.41, 5.74) is 6.71. The Morgan fingerprint density at radius 2 is 1.97 bits per heavy atom. The van der Waals surface area contributed by atoms with E-state index in [-0.39, 0.29) is 21.9 Å². The van der Waals surface area contributed by atoms with Crippen molar-refractivity contribution in [1.29, 1.82) is 0 Å². The number of aromatic nitrogens is 2. The van der Waals surface area contributed by atoms with Gasteiger partial charge in [0.1, 0.15) is 17.4 Å². The van der Waals surface area contributed by atoms with E-state index in [0.29, 0.717) is 40.2 Å². The predicted molar refractivity (Wildman–Crippen MR) is 140 cm³/mol. The Bertz CT molecular complexity index is 1430. The second-order valence-corrected chi connectivity index (χ2v) is 11.4. The summed E-state index contributed by atoms with van der Waals surface area (Å²) in [6.45, 7) is 6.98. The molecule has 1 aromatic carbocycles. The van der Waals surface area contributed by atoms with Gasteiger partial charge in [0.25, 0.3) is 15.9 Å². The van der Waals surface area contributed by atoms with Crippen molar-refractivity contribution in [3.05, 3.63) is 59.2 Å². The topological polar surface area (TPSA) is 128 Å². The monoisotopic (exact) mass is 529 g/mol. The molecule has 9 nitrogen and oxygen atoms in total. The van der Waals surface area contributed by atoms with E-state index in [0.717, 1.165) is 6.42 Å². The summed E-state index contributed by atoms with van der Waals surface area (Å²) in [6, 6.07) is 10.9. The fraction of sp³-hybridized carbons (Fsp3) is 0.320. The van der Waals surface area contributed by atoms with Crippen LogP contribution in [0, 0.1) is 5.92 Å².